The summed E-state index contributed by atoms with van der Waals surface area (Å²) in [6.45, 7) is 0.480. The molecule has 0 aliphatic rings. The quantitative estimate of drug-likeness (QED) is 0.860. The average Bonchev–Trinajstić information content (AvgIpc) is 3.00. The highest BCUT2D eigenvalue weighted by Gasteiger charge is 2.08. The van der Waals surface area contributed by atoms with Crippen molar-refractivity contribution in [3.05, 3.63) is 47.3 Å². The molecule has 0 spiro atoms. The van der Waals surface area contributed by atoms with Gasteiger partial charge in [0.15, 0.2) is 0 Å². The normalized spacial score (nSPS) is 12.1. The number of carbonyl (C=O) groups excluding carboxylic acids is 1. The number of thiophene rings is 1. The maximum absolute atomic E-state index is 11.9. The predicted molar refractivity (Wildman–Crippen MR) is 83.2 cm³/mol. The third-order valence-corrected chi connectivity index (χ3v) is 5.38. The summed E-state index contributed by atoms with van der Waals surface area (Å²) in [6.07, 6.45) is 0.239. The Kier molecular flexibility index (Phi) is 5.46. The Morgan fingerprint density at radius 3 is 2.60 bits per heavy atom. The van der Waals surface area contributed by atoms with Crippen LogP contribution in [0.4, 0.5) is 5.69 Å². The Bertz CT molecular complexity index is 580. The monoisotopic (exact) mass is 308 g/mol. The summed E-state index contributed by atoms with van der Waals surface area (Å²) in [5, 5.41) is 4.66. The Labute approximate surface area is 124 Å². The van der Waals surface area contributed by atoms with E-state index >= 15 is 0 Å². The number of hydrogen-bond acceptors (Lipinski definition) is 4. The van der Waals surface area contributed by atoms with Crippen LogP contribution < -0.4 is 11.1 Å². The van der Waals surface area contributed by atoms with Crippen LogP contribution in [-0.4, -0.2) is 15.9 Å². The van der Waals surface area contributed by atoms with Crippen LogP contribution in [0.5, 0.6) is 0 Å². The highest BCUT2D eigenvalue weighted by molar-refractivity contribution is 7.87. The number of hydrogen-bond donors (Lipinski definition) is 2. The van der Waals surface area contributed by atoms with Crippen LogP contribution in [-0.2, 0) is 22.1 Å². The summed E-state index contributed by atoms with van der Waals surface area (Å²) in [7, 11) is -1.09. The van der Waals surface area contributed by atoms with Gasteiger partial charge in [0.2, 0.25) is 5.91 Å². The van der Waals surface area contributed by atoms with Crippen molar-refractivity contribution in [1.82, 2.24) is 0 Å². The SMILES string of the molecule is NCc1ccc(NC(=O)CCS(=O)c2cccs2)cc1. The van der Waals surface area contributed by atoms with Gasteiger partial charge in [0.1, 0.15) is 0 Å². The fraction of sp³-hybridized carbons (Fsp3) is 0.214. The van der Waals surface area contributed by atoms with E-state index in [-0.39, 0.29) is 12.3 Å². The highest BCUT2D eigenvalue weighted by Crippen LogP contribution is 2.15. The molecule has 1 amide bonds. The first kappa shape index (κ1) is 14.9. The van der Waals surface area contributed by atoms with Crippen LogP contribution in [0.3, 0.4) is 0 Å². The van der Waals surface area contributed by atoms with Gasteiger partial charge in [-0.15, -0.1) is 11.3 Å². The number of rotatable bonds is 6. The standard InChI is InChI=1S/C14H16N2O2S2/c15-10-11-3-5-12(6-4-11)16-13(17)7-9-20(18)14-2-1-8-19-14/h1-6,8H,7,9-10,15H2,(H,16,17). The molecule has 0 saturated carbocycles. The largest absolute Gasteiger partial charge is 0.326 e. The third-order valence-electron chi connectivity index (χ3n) is 2.71. The third kappa shape index (κ3) is 4.26. The van der Waals surface area contributed by atoms with E-state index in [0.29, 0.717) is 12.3 Å². The topological polar surface area (TPSA) is 72.2 Å². The number of amides is 1. The van der Waals surface area contributed by atoms with Gasteiger partial charge >= 0.3 is 0 Å². The number of carbonyl (C=O) groups is 1. The van der Waals surface area contributed by atoms with Crippen molar-refractivity contribution in [2.75, 3.05) is 11.1 Å². The van der Waals surface area contributed by atoms with Crippen LogP contribution in [0, 0.1) is 0 Å². The second kappa shape index (κ2) is 7.33. The maximum atomic E-state index is 11.9. The first-order valence-corrected chi connectivity index (χ1v) is 8.39. The van der Waals surface area contributed by atoms with Crippen molar-refractivity contribution in [2.24, 2.45) is 5.73 Å². The van der Waals surface area contributed by atoms with Crippen LogP contribution in [0.2, 0.25) is 0 Å². The fourth-order valence-electron chi connectivity index (χ4n) is 1.63. The molecule has 106 valence electrons. The lowest BCUT2D eigenvalue weighted by molar-refractivity contribution is -0.115. The lowest BCUT2D eigenvalue weighted by atomic mass is 10.2. The second-order valence-electron chi connectivity index (χ2n) is 4.18. The van der Waals surface area contributed by atoms with Gasteiger partial charge in [-0.2, -0.15) is 0 Å². The fourth-order valence-corrected chi connectivity index (χ4v) is 3.72. The van der Waals surface area contributed by atoms with E-state index in [0.717, 1.165) is 15.5 Å². The first-order chi connectivity index (χ1) is 9.69. The molecule has 0 fully saturated rings. The van der Waals surface area contributed by atoms with Gasteiger partial charge in [0.25, 0.3) is 0 Å². The minimum atomic E-state index is -1.09. The van der Waals surface area contributed by atoms with E-state index in [1.165, 1.54) is 11.3 Å². The summed E-state index contributed by atoms with van der Waals surface area (Å²) in [6, 6.07) is 11.1. The molecule has 1 unspecified atom stereocenters. The van der Waals surface area contributed by atoms with Crippen molar-refractivity contribution in [3.8, 4) is 0 Å². The summed E-state index contributed by atoms with van der Waals surface area (Å²) in [5.41, 5.74) is 7.25. The highest BCUT2D eigenvalue weighted by atomic mass is 32.2. The van der Waals surface area contributed by atoms with E-state index in [9.17, 15) is 9.00 Å². The molecular formula is C14H16N2O2S2. The lowest BCUT2D eigenvalue weighted by Crippen LogP contribution is -2.14. The lowest BCUT2D eigenvalue weighted by Gasteiger charge is -2.05. The number of nitrogens with two attached hydrogens (primary N) is 1. The van der Waals surface area contributed by atoms with E-state index < -0.39 is 10.8 Å². The van der Waals surface area contributed by atoms with Crippen molar-refractivity contribution < 1.29 is 9.00 Å². The average molecular weight is 308 g/mol. The van der Waals surface area contributed by atoms with Gasteiger partial charge in [0.05, 0.1) is 15.0 Å². The van der Waals surface area contributed by atoms with E-state index in [2.05, 4.69) is 5.32 Å². The summed E-state index contributed by atoms with van der Waals surface area (Å²) in [5.74, 6) is 0.211. The molecule has 3 N–H and O–H groups in total. The molecule has 0 aliphatic heterocycles. The zero-order valence-corrected chi connectivity index (χ0v) is 12.5. The number of nitrogens with one attached hydrogen (secondary N) is 1. The van der Waals surface area contributed by atoms with Crippen LogP contribution in [0.1, 0.15) is 12.0 Å². The molecule has 0 radical (unpaired) electrons. The van der Waals surface area contributed by atoms with Gasteiger partial charge in [-0.05, 0) is 29.1 Å². The minimum Gasteiger partial charge on any atom is -0.326 e. The predicted octanol–water partition coefficient (Wildman–Crippen LogP) is 2.34. The van der Waals surface area contributed by atoms with Gasteiger partial charge in [-0.3, -0.25) is 9.00 Å². The molecule has 0 aliphatic carbocycles. The Morgan fingerprint density at radius 1 is 1.25 bits per heavy atom. The van der Waals surface area contributed by atoms with E-state index in [4.69, 9.17) is 5.73 Å². The molecule has 1 atom stereocenters. The van der Waals surface area contributed by atoms with Gasteiger partial charge in [-0.25, -0.2) is 0 Å². The Morgan fingerprint density at radius 2 is 2.00 bits per heavy atom. The van der Waals surface area contributed by atoms with Gasteiger partial charge in [-0.1, -0.05) is 18.2 Å². The van der Waals surface area contributed by atoms with Crippen LogP contribution >= 0.6 is 11.3 Å². The smallest absolute Gasteiger partial charge is 0.225 e. The zero-order valence-electron chi connectivity index (χ0n) is 10.9. The molecule has 2 aromatic rings. The molecule has 1 aromatic heterocycles. The van der Waals surface area contributed by atoms with Crippen molar-refractivity contribution in [2.45, 2.75) is 17.2 Å². The summed E-state index contributed by atoms with van der Waals surface area (Å²) >= 11 is 1.45. The number of anilines is 1. The van der Waals surface area contributed by atoms with Crippen molar-refractivity contribution >= 4 is 33.7 Å². The first-order valence-electron chi connectivity index (χ1n) is 6.20. The van der Waals surface area contributed by atoms with Crippen LogP contribution in [0.15, 0.2) is 46.0 Å². The molecule has 0 bridgehead atoms. The molecule has 4 nitrogen and oxygen atoms in total. The molecule has 20 heavy (non-hydrogen) atoms. The Balaban J connectivity index is 1.81. The summed E-state index contributed by atoms with van der Waals surface area (Å²) < 4.78 is 12.7. The minimum absolute atomic E-state index is 0.129. The molecular weight excluding hydrogens is 292 g/mol. The molecule has 2 rings (SSSR count). The van der Waals surface area contributed by atoms with Gasteiger partial charge in [0, 0.05) is 24.4 Å². The molecule has 0 saturated heterocycles. The van der Waals surface area contributed by atoms with Crippen molar-refractivity contribution in [3.63, 3.8) is 0 Å². The molecule has 1 heterocycles. The van der Waals surface area contributed by atoms with E-state index in [1.54, 1.807) is 0 Å². The Hall–Kier alpha value is -1.50. The molecule has 6 heteroatoms. The van der Waals surface area contributed by atoms with Gasteiger partial charge < -0.3 is 11.1 Å². The van der Waals surface area contributed by atoms with E-state index in [1.807, 2.05) is 41.8 Å². The van der Waals surface area contributed by atoms with Crippen LogP contribution in [0.25, 0.3) is 0 Å². The zero-order chi connectivity index (χ0) is 14.4. The maximum Gasteiger partial charge on any atom is 0.225 e. The second-order valence-corrected chi connectivity index (χ2v) is 6.93. The summed E-state index contributed by atoms with van der Waals surface area (Å²) in [4.78, 5) is 11.8. The number of benzene rings is 1. The molecule has 1 aromatic carbocycles. The van der Waals surface area contributed by atoms with Crippen molar-refractivity contribution in [1.29, 1.82) is 0 Å².